The highest BCUT2D eigenvalue weighted by atomic mass is 32.2. The number of piperidine rings is 1. The van der Waals surface area contributed by atoms with Gasteiger partial charge in [-0.25, -0.2) is 9.97 Å². The van der Waals surface area contributed by atoms with Crippen molar-refractivity contribution < 1.29 is 4.74 Å². The number of thioether (sulfide) groups is 1. The predicted octanol–water partition coefficient (Wildman–Crippen LogP) is 3.83. The van der Waals surface area contributed by atoms with Crippen molar-refractivity contribution in [3.8, 4) is 0 Å². The number of hydrogen-bond acceptors (Lipinski definition) is 6. The molecular formula is C21H28N4OS. The van der Waals surface area contributed by atoms with E-state index in [1.165, 1.54) is 49.0 Å². The summed E-state index contributed by atoms with van der Waals surface area (Å²) in [6.07, 6.45) is 10.5. The average Bonchev–Trinajstić information content (AvgIpc) is 2.75. The molecule has 0 radical (unpaired) electrons. The molecule has 0 amide bonds. The summed E-state index contributed by atoms with van der Waals surface area (Å²) in [5.74, 6) is 1.37. The lowest BCUT2D eigenvalue weighted by molar-refractivity contribution is 0.0237. The maximum atomic E-state index is 5.55. The molecule has 4 heterocycles. The fourth-order valence-corrected chi connectivity index (χ4v) is 4.92. The monoisotopic (exact) mass is 384 g/mol. The molecule has 1 unspecified atom stereocenters. The maximum absolute atomic E-state index is 5.55. The van der Waals surface area contributed by atoms with Crippen molar-refractivity contribution in [2.24, 2.45) is 0 Å². The molecule has 27 heavy (non-hydrogen) atoms. The number of nitrogens with zero attached hydrogens (tertiary/aromatic N) is 4. The van der Waals surface area contributed by atoms with Gasteiger partial charge in [-0.3, -0.25) is 9.88 Å². The van der Waals surface area contributed by atoms with Crippen molar-refractivity contribution >= 4 is 11.8 Å². The van der Waals surface area contributed by atoms with Crippen LogP contribution in [0.2, 0.25) is 0 Å². The van der Waals surface area contributed by atoms with Gasteiger partial charge in [0.05, 0.1) is 5.69 Å². The van der Waals surface area contributed by atoms with Crippen molar-refractivity contribution in [2.75, 3.05) is 26.3 Å². The summed E-state index contributed by atoms with van der Waals surface area (Å²) in [5, 5.41) is 0.877. The summed E-state index contributed by atoms with van der Waals surface area (Å²) in [5.41, 5.74) is 3.67. The zero-order chi connectivity index (χ0) is 18.5. The summed E-state index contributed by atoms with van der Waals surface area (Å²) in [6, 6.07) is 4.76. The summed E-state index contributed by atoms with van der Waals surface area (Å²) >= 11 is 1.70. The highest BCUT2D eigenvalue weighted by Gasteiger charge is 2.29. The van der Waals surface area contributed by atoms with Crippen LogP contribution in [0.15, 0.2) is 35.9 Å². The minimum Gasteiger partial charge on any atom is -0.381 e. The molecule has 5 nitrogen and oxygen atoms in total. The lowest BCUT2D eigenvalue weighted by Gasteiger charge is -2.40. The Morgan fingerprint density at radius 1 is 1.22 bits per heavy atom. The Hall–Kier alpha value is -1.50. The number of rotatable bonds is 5. The summed E-state index contributed by atoms with van der Waals surface area (Å²) < 4.78 is 5.55. The number of pyridine rings is 1. The van der Waals surface area contributed by atoms with Crippen molar-refractivity contribution in [3.05, 3.63) is 47.5 Å². The molecule has 0 bridgehead atoms. The van der Waals surface area contributed by atoms with E-state index in [1.54, 1.807) is 11.8 Å². The second-order valence-electron chi connectivity index (χ2n) is 7.55. The van der Waals surface area contributed by atoms with Crippen molar-refractivity contribution in [2.45, 2.75) is 55.5 Å². The quantitative estimate of drug-likeness (QED) is 0.577. The van der Waals surface area contributed by atoms with Gasteiger partial charge in [0.1, 0.15) is 0 Å². The van der Waals surface area contributed by atoms with Crippen LogP contribution in [-0.2, 0) is 10.5 Å². The SMILES string of the molecule is Cc1cnc(SCc2cccnc2)nc1C1CCCN(C2CCOCC2)C1. The van der Waals surface area contributed by atoms with Gasteiger partial charge in [-0.05, 0) is 56.3 Å². The number of aromatic nitrogens is 3. The van der Waals surface area contributed by atoms with Crippen molar-refractivity contribution in [3.63, 3.8) is 0 Å². The molecule has 144 valence electrons. The van der Waals surface area contributed by atoms with Gasteiger partial charge in [-0.1, -0.05) is 17.8 Å². The molecule has 6 heteroatoms. The standard InChI is InChI=1S/C21H28N4OS/c1-16-12-23-21(27-15-17-4-2-8-22-13-17)24-20(16)18-5-3-9-25(14-18)19-6-10-26-11-7-19/h2,4,8,12-13,18-19H,3,5-7,9-11,14-15H2,1H3. The van der Waals surface area contributed by atoms with E-state index in [0.29, 0.717) is 12.0 Å². The van der Waals surface area contributed by atoms with Crippen LogP contribution in [0.1, 0.15) is 48.4 Å². The molecule has 2 aromatic rings. The summed E-state index contributed by atoms with van der Waals surface area (Å²) in [6.45, 7) is 6.31. The molecule has 2 aliphatic rings. The predicted molar refractivity (Wildman–Crippen MR) is 108 cm³/mol. The van der Waals surface area contributed by atoms with Gasteiger partial charge in [0.2, 0.25) is 0 Å². The first kappa shape index (κ1) is 18.8. The molecular weight excluding hydrogens is 356 g/mol. The molecule has 4 rings (SSSR count). The Bertz CT molecular complexity index is 736. The Balaban J connectivity index is 1.44. The Morgan fingerprint density at radius 2 is 2.11 bits per heavy atom. The van der Waals surface area contributed by atoms with Crippen molar-refractivity contribution in [1.29, 1.82) is 0 Å². The maximum Gasteiger partial charge on any atom is 0.188 e. The number of aryl methyl sites for hydroxylation is 1. The average molecular weight is 385 g/mol. The van der Waals surface area contributed by atoms with Gasteiger partial charge in [-0.15, -0.1) is 0 Å². The third-order valence-electron chi connectivity index (χ3n) is 5.63. The molecule has 2 fully saturated rings. The van der Waals surface area contributed by atoms with E-state index in [4.69, 9.17) is 9.72 Å². The number of hydrogen-bond donors (Lipinski definition) is 0. The largest absolute Gasteiger partial charge is 0.381 e. The summed E-state index contributed by atoms with van der Waals surface area (Å²) in [4.78, 5) is 16.4. The van der Waals surface area contributed by atoms with Gasteiger partial charge in [0, 0.05) is 56.1 Å². The molecule has 0 aromatic carbocycles. The van der Waals surface area contributed by atoms with Crippen LogP contribution in [-0.4, -0.2) is 52.2 Å². The van der Waals surface area contributed by atoms with E-state index < -0.39 is 0 Å². The van der Waals surface area contributed by atoms with E-state index in [0.717, 1.165) is 30.7 Å². The minimum absolute atomic E-state index is 0.516. The Kier molecular flexibility index (Phi) is 6.37. The minimum atomic E-state index is 0.516. The van der Waals surface area contributed by atoms with Gasteiger partial charge < -0.3 is 4.74 Å². The molecule has 2 saturated heterocycles. The van der Waals surface area contributed by atoms with Crippen LogP contribution in [0.4, 0.5) is 0 Å². The second-order valence-corrected chi connectivity index (χ2v) is 8.49. The molecule has 2 aliphatic heterocycles. The first-order valence-electron chi connectivity index (χ1n) is 9.96. The molecule has 0 N–H and O–H groups in total. The molecule has 0 spiro atoms. The Morgan fingerprint density at radius 3 is 2.93 bits per heavy atom. The lowest BCUT2D eigenvalue weighted by atomic mass is 9.90. The molecule has 0 aliphatic carbocycles. The van der Waals surface area contributed by atoms with E-state index in [1.807, 2.05) is 24.7 Å². The molecule has 1 atom stereocenters. The zero-order valence-corrected chi connectivity index (χ0v) is 16.8. The normalized spacial score (nSPS) is 22.0. The van der Waals surface area contributed by atoms with Crippen LogP contribution in [0.3, 0.4) is 0 Å². The van der Waals surface area contributed by atoms with E-state index in [9.17, 15) is 0 Å². The van der Waals surface area contributed by atoms with Crippen LogP contribution in [0.5, 0.6) is 0 Å². The second kappa shape index (κ2) is 9.13. The van der Waals surface area contributed by atoms with Crippen LogP contribution >= 0.6 is 11.8 Å². The first-order valence-corrected chi connectivity index (χ1v) is 10.9. The van der Waals surface area contributed by atoms with E-state index in [-0.39, 0.29) is 0 Å². The highest BCUT2D eigenvalue weighted by Crippen LogP contribution is 2.31. The van der Waals surface area contributed by atoms with Gasteiger partial charge in [0.15, 0.2) is 5.16 Å². The van der Waals surface area contributed by atoms with Gasteiger partial charge in [0.25, 0.3) is 0 Å². The third-order valence-corrected chi connectivity index (χ3v) is 6.56. The fraction of sp³-hybridized carbons (Fsp3) is 0.571. The van der Waals surface area contributed by atoms with Crippen LogP contribution in [0, 0.1) is 6.92 Å². The zero-order valence-electron chi connectivity index (χ0n) is 16.0. The van der Waals surface area contributed by atoms with Gasteiger partial charge in [-0.2, -0.15) is 0 Å². The molecule has 2 aromatic heterocycles. The fourth-order valence-electron chi connectivity index (χ4n) is 4.16. The highest BCUT2D eigenvalue weighted by molar-refractivity contribution is 7.98. The van der Waals surface area contributed by atoms with Crippen molar-refractivity contribution in [1.82, 2.24) is 19.9 Å². The smallest absolute Gasteiger partial charge is 0.188 e. The number of ether oxygens (including phenoxy) is 1. The topological polar surface area (TPSA) is 51.1 Å². The van der Waals surface area contributed by atoms with E-state index >= 15 is 0 Å². The third kappa shape index (κ3) is 4.86. The first-order chi connectivity index (χ1) is 13.3. The van der Waals surface area contributed by atoms with Gasteiger partial charge >= 0.3 is 0 Å². The van der Waals surface area contributed by atoms with E-state index in [2.05, 4.69) is 27.9 Å². The lowest BCUT2D eigenvalue weighted by Crippen LogP contribution is -2.44. The number of likely N-dealkylation sites (tertiary alicyclic amines) is 1. The van der Waals surface area contributed by atoms with Crippen LogP contribution in [0.25, 0.3) is 0 Å². The van der Waals surface area contributed by atoms with Crippen LogP contribution < -0.4 is 0 Å². The Labute approximate surface area is 166 Å². The molecule has 0 saturated carbocycles. The summed E-state index contributed by atoms with van der Waals surface area (Å²) in [7, 11) is 0.